The largest absolute Gasteiger partial charge is 0.444 e. The number of carbonyl (C=O) groups is 3. The molecule has 0 atom stereocenters. The number of carbonyl (C=O) groups excluding carboxylic acids is 3. The van der Waals surface area contributed by atoms with Gasteiger partial charge in [-0.05, 0) is 76.8 Å². The Morgan fingerprint density at radius 3 is 2.09 bits per heavy atom. The summed E-state index contributed by atoms with van der Waals surface area (Å²) >= 11 is 0. The molecule has 4 amide bonds. The lowest BCUT2D eigenvalue weighted by Gasteiger charge is -2.57. The van der Waals surface area contributed by atoms with E-state index in [4.69, 9.17) is 4.74 Å². The molecule has 1 spiro atoms. The molecular formula is C26H39N5O4. The van der Waals surface area contributed by atoms with Crippen molar-refractivity contribution in [3.63, 3.8) is 0 Å². The van der Waals surface area contributed by atoms with E-state index in [9.17, 15) is 14.4 Å². The van der Waals surface area contributed by atoms with Gasteiger partial charge in [0.15, 0.2) is 0 Å². The summed E-state index contributed by atoms with van der Waals surface area (Å²) in [6.07, 6.45) is 5.12. The lowest BCUT2D eigenvalue weighted by Crippen LogP contribution is -2.62. The number of alkyl carbamates (subject to hydrolysis) is 1. The average Bonchev–Trinajstić information content (AvgIpc) is 2.71. The summed E-state index contributed by atoms with van der Waals surface area (Å²) in [6, 6.07) is 9.85. The van der Waals surface area contributed by atoms with E-state index in [1.165, 1.54) is 0 Å². The van der Waals surface area contributed by atoms with Crippen LogP contribution in [-0.2, 0) is 9.53 Å². The van der Waals surface area contributed by atoms with Crippen molar-refractivity contribution in [2.75, 3.05) is 25.0 Å². The van der Waals surface area contributed by atoms with Crippen LogP contribution in [0.2, 0.25) is 0 Å². The monoisotopic (exact) mass is 485 g/mol. The van der Waals surface area contributed by atoms with Crippen LogP contribution in [0.4, 0.5) is 15.3 Å². The first kappa shape index (κ1) is 25.3. The fraction of sp³-hybridized carbons (Fsp3) is 0.654. The van der Waals surface area contributed by atoms with Crippen LogP contribution in [-0.4, -0.2) is 66.3 Å². The Kier molecular flexibility index (Phi) is 7.54. The highest BCUT2D eigenvalue weighted by atomic mass is 16.6. The number of ether oxygens (including phenoxy) is 1. The molecule has 0 aromatic heterocycles. The van der Waals surface area contributed by atoms with Gasteiger partial charge in [0, 0.05) is 36.9 Å². The topological polar surface area (TPSA) is 112 Å². The average molecular weight is 486 g/mol. The normalized spacial score (nSPS) is 26.7. The number of para-hydroxylation sites is 1. The minimum atomic E-state index is -0.488. The molecule has 1 aliphatic heterocycles. The molecule has 1 aromatic carbocycles. The number of anilines is 1. The Balaban J connectivity index is 1.07. The van der Waals surface area contributed by atoms with E-state index in [0.29, 0.717) is 6.54 Å². The second-order valence-electron chi connectivity index (χ2n) is 11.4. The number of nitrogens with one attached hydrogen (secondary N) is 4. The first-order chi connectivity index (χ1) is 16.6. The van der Waals surface area contributed by atoms with E-state index in [2.05, 4.69) is 26.2 Å². The maximum atomic E-state index is 12.5. The Morgan fingerprint density at radius 1 is 0.914 bits per heavy atom. The molecule has 9 nitrogen and oxygen atoms in total. The third kappa shape index (κ3) is 7.34. The Labute approximate surface area is 207 Å². The van der Waals surface area contributed by atoms with Gasteiger partial charge in [0.05, 0.1) is 6.54 Å². The Bertz CT molecular complexity index is 894. The molecule has 4 N–H and O–H groups in total. The van der Waals surface area contributed by atoms with Gasteiger partial charge in [-0.2, -0.15) is 0 Å². The van der Waals surface area contributed by atoms with Crippen LogP contribution < -0.4 is 21.3 Å². The smallest absolute Gasteiger partial charge is 0.407 e. The molecule has 1 saturated heterocycles. The highest BCUT2D eigenvalue weighted by Crippen LogP contribution is 2.55. The number of amides is 4. The van der Waals surface area contributed by atoms with Crippen LogP contribution in [0.25, 0.3) is 0 Å². The number of benzene rings is 1. The molecule has 0 bridgehead atoms. The first-order valence-electron chi connectivity index (χ1n) is 12.7. The van der Waals surface area contributed by atoms with E-state index in [1.807, 2.05) is 51.1 Å². The Morgan fingerprint density at radius 2 is 1.49 bits per heavy atom. The summed E-state index contributed by atoms with van der Waals surface area (Å²) in [4.78, 5) is 38.7. The van der Waals surface area contributed by atoms with E-state index in [0.717, 1.165) is 57.3 Å². The molecule has 3 aliphatic rings. The van der Waals surface area contributed by atoms with Crippen molar-refractivity contribution in [3.8, 4) is 0 Å². The predicted molar refractivity (Wildman–Crippen MR) is 134 cm³/mol. The van der Waals surface area contributed by atoms with Crippen LogP contribution >= 0.6 is 0 Å². The summed E-state index contributed by atoms with van der Waals surface area (Å²) in [6.45, 7) is 7.50. The standard InChI is InChI=1S/C26H39N5O4/c1-25(2,3)35-24(34)30-21-15-26(16-21)13-20(14-26)29-23(33)28-19-9-11-31(12-10-19)17-22(32)27-18-7-5-4-6-8-18/h4-8,19-21H,9-17H2,1-3H3,(H,27,32)(H,30,34)(H2,28,29,33). The summed E-state index contributed by atoms with van der Waals surface area (Å²) in [5.74, 6) is -0.0150. The van der Waals surface area contributed by atoms with Crippen molar-refractivity contribution in [2.24, 2.45) is 5.41 Å². The van der Waals surface area contributed by atoms with Crippen LogP contribution in [0.15, 0.2) is 30.3 Å². The second kappa shape index (κ2) is 10.4. The van der Waals surface area contributed by atoms with Gasteiger partial charge < -0.3 is 26.0 Å². The first-order valence-corrected chi connectivity index (χ1v) is 12.7. The van der Waals surface area contributed by atoms with Crippen molar-refractivity contribution >= 4 is 23.7 Å². The quantitative estimate of drug-likeness (QED) is 0.494. The van der Waals surface area contributed by atoms with Crippen LogP contribution in [0.3, 0.4) is 0 Å². The third-order valence-electron chi connectivity index (χ3n) is 7.12. The maximum Gasteiger partial charge on any atom is 0.407 e. The molecule has 2 aliphatic carbocycles. The van der Waals surface area contributed by atoms with E-state index in [1.54, 1.807) is 0 Å². The van der Waals surface area contributed by atoms with Crippen LogP contribution in [0, 0.1) is 5.41 Å². The lowest BCUT2D eigenvalue weighted by molar-refractivity contribution is -0.117. The van der Waals surface area contributed by atoms with Crippen molar-refractivity contribution < 1.29 is 19.1 Å². The fourth-order valence-electron chi connectivity index (χ4n) is 5.56. The molecule has 3 fully saturated rings. The predicted octanol–water partition coefficient (Wildman–Crippen LogP) is 3.22. The van der Waals surface area contributed by atoms with Gasteiger partial charge >= 0.3 is 12.1 Å². The molecule has 1 aromatic rings. The number of hydrogen-bond donors (Lipinski definition) is 4. The van der Waals surface area contributed by atoms with Crippen molar-refractivity contribution in [3.05, 3.63) is 30.3 Å². The van der Waals surface area contributed by atoms with E-state index in [-0.39, 0.29) is 41.6 Å². The summed E-state index contributed by atoms with van der Waals surface area (Å²) in [7, 11) is 0. The number of piperidine rings is 1. The van der Waals surface area contributed by atoms with Crippen molar-refractivity contribution in [2.45, 2.75) is 83.0 Å². The Hall–Kier alpha value is -2.81. The summed E-state index contributed by atoms with van der Waals surface area (Å²) < 4.78 is 5.32. The highest BCUT2D eigenvalue weighted by Gasteiger charge is 2.53. The van der Waals surface area contributed by atoms with E-state index < -0.39 is 5.60 Å². The number of urea groups is 1. The minimum Gasteiger partial charge on any atom is -0.444 e. The zero-order chi connectivity index (χ0) is 25.1. The van der Waals surface area contributed by atoms with Gasteiger partial charge in [0.25, 0.3) is 0 Å². The summed E-state index contributed by atoms with van der Waals surface area (Å²) in [5.41, 5.74) is 0.571. The van der Waals surface area contributed by atoms with Crippen LogP contribution in [0.5, 0.6) is 0 Å². The molecule has 0 radical (unpaired) electrons. The fourth-order valence-corrected chi connectivity index (χ4v) is 5.56. The number of hydrogen-bond acceptors (Lipinski definition) is 5. The van der Waals surface area contributed by atoms with Gasteiger partial charge in [-0.25, -0.2) is 9.59 Å². The van der Waals surface area contributed by atoms with Crippen LogP contribution in [0.1, 0.15) is 59.3 Å². The van der Waals surface area contributed by atoms with Gasteiger partial charge in [-0.1, -0.05) is 18.2 Å². The SMILES string of the molecule is CC(C)(C)OC(=O)NC1CC2(CC(NC(=O)NC3CCN(CC(=O)Nc4ccccc4)CC3)C2)C1. The molecule has 1 heterocycles. The zero-order valence-electron chi connectivity index (χ0n) is 21.1. The number of likely N-dealkylation sites (tertiary alicyclic amines) is 1. The van der Waals surface area contributed by atoms with Gasteiger partial charge in [0.2, 0.25) is 5.91 Å². The molecule has 9 heteroatoms. The summed E-state index contributed by atoms with van der Waals surface area (Å²) in [5, 5.41) is 12.1. The molecule has 4 rings (SSSR count). The molecule has 2 saturated carbocycles. The van der Waals surface area contributed by atoms with Gasteiger partial charge in [-0.15, -0.1) is 0 Å². The minimum absolute atomic E-state index is 0.0150. The molecule has 35 heavy (non-hydrogen) atoms. The second-order valence-corrected chi connectivity index (χ2v) is 11.4. The zero-order valence-corrected chi connectivity index (χ0v) is 21.1. The van der Waals surface area contributed by atoms with Crippen molar-refractivity contribution in [1.82, 2.24) is 20.9 Å². The molecule has 192 valence electrons. The lowest BCUT2D eigenvalue weighted by atomic mass is 9.52. The van der Waals surface area contributed by atoms with Crippen molar-refractivity contribution in [1.29, 1.82) is 0 Å². The third-order valence-corrected chi connectivity index (χ3v) is 7.12. The van der Waals surface area contributed by atoms with Gasteiger partial charge in [0.1, 0.15) is 5.60 Å². The van der Waals surface area contributed by atoms with Gasteiger partial charge in [-0.3, -0.25) is 9.69 Å². The number of nitrogens with zero attached hydrogens (tertiary/aromatic N) is 1. The molecule has 0 unspecified atom stereocenters. The van der Waals surface area contributed by atoms with E-state index >= 15 is 0 Å². The maximum absolute atomic E-state index is 12.5. The highest BCUT2D eigenvalue weighted by molar-refractivity contribution is 5.92. The number of rotatable bonds is 6. The molecular weight excluding hydrogens is 446 g/mol.